The Hall–Kier alpha value is -3.03. The standard InChI is InChI=1S/C22H20B4N4O4/c1-12-9-15(11-16-19(12)34-22(25,26)21(23,24)33-16)32-14-4-7-29(8-5-14)20-13(2)10-17-27-6-3-18(31)30(17)28-20/h3,6,9-11,14H,4-5,7-8H2,1-2H3. The van der Waals surface area contributed by atoms with Crippen LogP contribution in [0.4, 0.5) is 5.82 Å². The molecule has 0 spiro atoms. The van der Waals surface area contributed by atoms with Crippen molar-refractivity contribution in [3.63, 3.8) is 0 Å². The van der Waals surface area contributed by atoms with Crippen molar-refractivity contribution < 1.29 is 14.2 Å². The molecule has 1 saturated heterocycles. The highest BCUT2D eigenvalue weighted by Gasteiger charge is 2.43. The lowest BCUT2D eigenvalue weighted by Gasteiger charge is -2.49. The zero-order valence-corrected chi connectivity index (χ0v) is 19.0. The minimum atomic E-state index is -1.90. The normalized spacial score (nSPS) is 19.2. The van der Waals surface area contributed by atoms with Crippen molar-refractivity contribution in [2.45, 2.75) is 43.6 Å². The first-order chi connectivity index (χ1) is 16.0. The molecule has 8 nitrogen and oxygen atoms in total. The second-order valence-electron chi connectivity index (χ2n) is 8.87. The molecule has 0 N–H and O–H groups in total. The molecule has 4 heterocycles. The van der Waals surface area contributed by atoms with Gasteiger partial charge in [-0.15, -0.1) is 5.10 Å². The van der Waals surface area contributed by atoms with E-state index in [1.807, 2.05) is 26.0 Å². The van der Waals surface area contributed by atoms with Crippen molar-refractivity contribution in [2.24, 2.45) is 0 Å². The fraction of sp³-hybridized carbons (Fsp3) is 0.409. The van der Waals surface area contributed by atoms with Crippen LogP contribution in [0, 0.1) is 13.8 Å². The minimum absolute atomic E-state index is 0.0213. The van der Waals surface area contributed by atoms with E-state index in [1.165, 1.54) is 16.8 Å². The van der Waals surface area contributed by atoms with Gasteiger partial charge >= 0.3 is 0 Å². The van der Waals surface area contributed by atoms with Crippen LogP contribution in [0.5, 0.6) is 17.2 Å². The zero-order chi connectivity index (χ0) is 24.3. The van der Waals surface area contributed by atoms with Gasteiger partial charge in [0.15, 0.2) is 23.0 Å². The lowest BCUT2D eigenvalue weighted by molar-refractivity contribution is 0.0601. The van der Waals surface area contributed by atoms with Crippen molar-refractivity contribution in [3.05, 3.63) is 51.9 Å². The molecule has 2 aromatic heterocycles. The molecule has 0 saturated carbocycles. The van der Waals surface area contributed by atoms with Crippen molar-refractivity contribution in [3.8, 4) is 17.2 Å². The lowest BCUT2D eigenvalue weighted by atomic mass is 9.41. The molecule has 34 heavy (non-hydrogen) atoms. The fourth-order valence-electron chi connectivity index (χ4n) is 4.23. The zero-order valence-electron chi connectivity index (χ0n) is 19.0. The lowest BCUT2D eigenvalue weighted by Crippen LogP contribution is -2.65. The summed E-state index contributed by atoms with van der Waals surface area (Å²) < 4.78 is 18.8. The van der Waals surface area contributed by atoms with Crippen LogP contribution in [0.15, 0.2) is 35.3 Å². The summed E-state index contributed by atoms with van der Waals surface area (Å²) in [5.74, 6) is 2.07. The maximum absolute atomic E-state index is 12.2. The second kappa shape index (κ2) is 8.03. The van der Waals surface area contributed by atoms with Crippen LogP contribution < -0.4 is 24.7 Å². The highest BCUT2D eigenvalue weighted by molar-refractivity contribution is 6.53. The number of rotatable bonds is 3. The van der Waals surface area contributed by atoms with E-state index in [0.29, 0.717) is 22.9 Å². The maximum Gasteiger partial charge on any atom is 0.274 e. The van der Waals surface area contributed by atoms with Gasteiger partial charge in [-0.3, -0.25) is 4.79 Å². The van der Waals surface area contributed by atoms with E-state index >= 15 is 0 Å². The van der Waals surface area contributed by atoms with E-state index < -0.39 is 10.8 Å². The molecule has 8 radical (unpaired) electrons. The fourth-order valence-corrected chi connectivity index (χ4v) is 4.23. The number of aromatic nitrogens is 3. The molecule has 164 valence electrons. The third-order valence-electron chi connectivity index (χ3n) is 6.16. The molecule has 5 rings (SSSR count). The van der Waals surface area contributed by atoms with Gasteiger partial charge in [0.05, 0.1) is 0 Å². The second-order valence-corrected chi connectivity index (χ2v) is 8.87. The largest absolute Gasteiger partial charge is 0.501 e. The summed E-state index contributed by atoms with van der Waals surface area (Å²) in [4.78, 5) is 18.5. The quantitative estimate of drug-likeness (QED) is 0.541. The first kappa shape index (κ1) is 22.7. The summed E-state index contributed by atoms with van der Waals surface area (Å²) in [7, 11) is 23.5. The van der Waals surface area contributed by atoms with E-state index in [-0.39, 0.29) is 11.7 Å². The van der Waals surface area contributed by atoms with E-state index in [1.54, 1.807) is 6.07 Å². The highest BCUT2D eigenvalue weighted by atomic mass is 16.6. The molecule has 0 unspecified atom stereocenters. The summed E-state index contributed by atoms with van der Waals surface area (Å²) in [5.41, 5.74) is 2.01. The van der Waals surface area contributed by atoms with Crippen molar-refractivity contribution in [1.82, 2.24) is 14.6 Å². The summed E-state index contributed by atoms with van der Waals surface area (Å²) in [6.45, 7) is 5.24. The van der Waals surface area contributed by atoms with E-state index in [4.69, 9.17) is 45.6 Å². The SMILES string of the molecule is [B]C1([B])Oc2cc(OC3CCN(c4nn5c(=O)ccnc5cc4C)CC3)cc(C)c2OC1([B])[B]. The molecule has 2 aliphatic rings. The molecular weight excluding hydrogens is 428 g/mol. The summed E-state index contributed by atoms with van der Waals surface area (Å²) in [6, 6.07) is 6.78. The van der Waals surface area contributed by atoms with Crippen molar-refractivity contribution in [2.75, 3.05) is 18.0 Å². The van der Waals surface area contributed by atoms with Gasteiger partial charge < -0.3 is 19.1 Å². The Morgan fingerprint density at radius 1 is 1.03 bits per heavy atom. The van der Waals surface area contributed by atoms with Crippen LogP contribution in [0.1, 0.15) is 24.0 Å². The van der Waals surface area contributed by atoms with E-state index in [9.17, 15) is 4.79 Å². The molecule has 12 heteroatoms. The Morgan fingerprint density at radius 2 is 1.74 bits per heavy atom. The van der Waals surface area contributed by atoms with Gasteiger partial charge in [-0.05, 0) is 37.1 Å². The van der Waals surface area contributed by atoms with E-state index in [0.717, 1.165) is 42.9 Å². The molecule has 3 aromatic rings. The number of anilines is 1. The monoisotopic (exact) mass is 448 g/mol. The van der Waals surface area contributed by atoms with E-state index in [2.05, 4.69) is 15.0 Å². The van der Waals surface area contributed by atoms with Crippen molar-refractivity contribution in [1.29, 1.82) is 0 Å². The number of piperidine rings is 1. The number of ether oxygens (including phenoxy) is 3. The summed E-state index contributed by atoms with van der Waals surface area (Å²) >= 11 is 0. The molecule has 0 bridgehead atoms. The topological polar surface area (TPSA) is 78.2 Å². The number of hydrogen-bond acceptors (Lipinski definition) is 7. The first-order valence-corrected chi connectivity index (χ1v) is 11.0. The van der Waals surface area contributed by atoms with Crippen LogP contribution in [-0.4, -0.2) is 76.0 Å². The molecule has 0 aliphatic carbocycles. The Bertz CT molecular complexity index is 1320. The number of benzene rings is 1. The van der Waals surface area contributed by atoms with Crippen LogP contribution in [0.2, 0.25) is 0 Å². The third-order valence-corrected chi connectivity index (χ3v) is 6.16. The average Bonchev–Trinajstić information content (AvgIpc) is 2.76. The van der Waals surface area contributed by atoms with Gasteiger partial charge in [0, 0.05) is 55.1 Å². The van der Waals surface area contributed by atoms with Crippen LogP contribution in [0.3, 0.4) is 0 Å². The number of hydrogen-bond donors (Lipinski definition) is 0. The highest BCUT2D eigenvalue weighted by Crippen LogP contribution is 2.44. The maximum atomic E-state index is 12.2. The van der Waals surface area contributed by atoms with Crippen LogP contribution >= 0.6 is 0 Å². The number of aryl methyl sites for hydroxylation is 2. The third kappa shape index (κ3) is 3.93. The minimum Gasteiger partial charge on any atom is -0.501 e. The van der Waals surface area contributed by atoms with Gasteiger partial charge in [0.2, 0.25) is 0 Å². The molecule has 1 aromatic carbocycles. The molecule has 2 aliphatic heterocycles. The Morgan fingerprint density at radius 3 is 2.47 bits per heavy atom. The molecule has 0 amide bonds. The average molecular weight is 448 g/mol. The van der Waals surface area contributed by atoms with Crippen molar-refractivity contribution >= 4 is 42.9 Å². The Balaban J connectivity index is 1.30. The van der Waals surface area contributed by atoms with Gasteiger partial charge in [-0.25, -0.2) is 4.98 Å². The van der Waals surface area contributed by atoms with Gasteiger partial charge in [-0.2, -0.15) is 4.52 Å². The molecule has 0 atom stereocenters. The number of nitrogens with zero attached hydrogens (tertiary/aromatic N) is 4. The number of fused-ring (bicyclic) bond motifs is 2. The van der Waals surface area contributed by atoms with Crippen LogP contribution in [0.25, 0.3) is 5.65 Å². The van der Waals surface area contributed by atoms with Gasteiger partial charge in [0.25, 0.3) is 5.56 Å². The Labute approximate surface area is 202 Å². The smallest absolute Gasteiger partial charge is 0.274 e. The summed E-state index contributed by atoms with van der Waals surface area (Å²) in [5, 5.41) is 0.761. The Kier molecular flexibility index (Phi) is 5.37. The summed E-state index contributed by atoms with van der Waals surface area (Å²) in [6.07, 6.45) is 3.00. The molecular formula is C22H20B4N4O4. The van der Waals surface area contributed by atoms with Gasteiger partial charge in [0.1, 0.15) is 43.2 Å². The predicted octanol–water partition coefficient (Wildman–Crippen LogP) is 0.507. The predicted molar refractivity (Wildman–Crippen MR) is 131 cm³/mol. The van der Waals surface area contributed by atoms with Gasteiger partial charge in [-0.1, -0.05) is 0 Å². The van der Waals surface area contributed by atoms with Crippen LogP contribution in [-0.2, 0) is 0 Å². The first-order valence-electron chi connectivity index (χ1n) is 11.0. The molecule has 1 fully saturated rings.